The quantitative estimate of drug-likeness (QED) is 0.785. The van der Waals surface area contributed by atoms with Crippen LogP contribution < -0.4 is 5.73 Å². The van der Waals surface area contributed by atoms with Crippen molar-refractivity contribution in [1.29, 1.82) is 0 Å². The highest BCUT2D eigenvalue weighted by molar-refractivity contribution is 7.91. The molecule has 0 amide bonds. The summed E-state index contributed by atoms with van der Waals surface area (Å²) < 4.78 is 23.5. The number of aryl methyl sites for hydroxylation is 1. The van der Waals surface area contributed by atoms with Gasteiger partial charge in [0.25, 0.3) is 0 Å². The molecular weight excluding hydrogens is 214 g/mol. The van der Waals surface area contributed by atoms with Crippen molar-refractivity contribution in [2.24, 2.45) is 5.73 Å². The van der Waals surface area contributed by atoms with Gasteiger partial charge in [0.05, 0.1) is 4.90 Å². The van der Waals surface area contributed by atoms with Crippen LogP contribution in [0.3, 0.4) is 0 Å². The van der Waals surface area contributed by atoms with Crippen molar-refractivity contribution in [3.63, 3.8) is 0 Å². The van der Waals surface area contributed by atoms with E-state index in [4.69, 9.17) is 5.73 Å². The van der Waals surface area contributed by atoms with E-state index in [1.165, 1.54) is 12.1 Å². The molecule has 0 radical (unpaired) electrons. The molecule has 1 aromatic rings. The SMILES string of the molecule is Cc1ccc(S(=O)(=O)C(O)CCN)cc1. The Kier molecular flexibility index (Phi) is 3.84. The number of hydrogen-bond acceptors (Lipinski definition) is 4. The highest BCUT2D eigenvalue weighted by atomic mass is 32.2. The summed E-state index contributed by atoms with van der Waals surface area (Å²) in [4.78, 5) is 0.133. The Bertz CT molecular complexity index is 411. The number of rotatable bonds is 4. The van der Waals surface area contributed by atoms with Gasteiger partial charge in [-0.2, -0.15) is 0 Å². The van der Waals surface area contributed by atoms with Gasteiger partial charge in [-0.15, -0.1) is 0 Å². The first kappa shape index (κ1) is 12.2. The van der Waals surface area contributed by atoms with Crippen LogP contribution in [-0.4, -0.2) is 25.5 Å². The Morgan fingerprint density at radius 3 is 2.33 bits per heavy atom. The van der Waals surface area contributed by atoms with Crippen LogP contribution in [0, 0.1) is 6.92 Å². The molecule has 0 aromatic heterocycles. The smallest absolute Gasteiger partial charge is 0.204 e. The van der Waals surface area contributed by atoms with Gasteiger partial charge in [-0.1, -0.05) is 17.7 Å². The Morgan fingerprint density at radius 1 is 1.33 bits per heavy atom. The van der Waals surface area contributed by atoms with Gasteiger partial charge in [0.1, 0.15) is 0 Å². The van der Waals surface area contributed by atoms with Crippen molar-refractivity contribution >= 4 is 9.84 Å². The molecule has 4 nitrogen and oxygen atoms in total. The van der Waals surface area contributed by atoms with Gasteiger partial charge in [-0.05, 0) is 25.6 Å². The van der Waals surface area contributed by atoms with Crippen molar-refractivity contribution in [3.8, 4) is 0 Å². The lowest BCUT2D eigenvalue weighted by atomic mass is 10.2. The van der Waals surface area contributed by atoms with E-state index < -0.39 is 15.3 Å². The maximum atomic E-state index is 11.7. The molecule has 1 atom stereocenters. The molecular formula is C10H15NO3S. The summed E-state index contributed by atoms with van der Waals surface area (Å²) in [6.45, 7) is 2.01. The third kappa shape index (κ3) is 2.77. The van der Waals surface area contributed by atoms with Crippen molar-refractivity contribution in [1.82, 2.24) is 0 Å². The molecule has 0 spiro atoms. The number of benzene rings is 1. The fourth-order valence-electron chi connectivity index (χ4n) is 1.18. The molecule has 0 aliphatic heterocycles. The summed E-state index contributed by atoms with van der Waals surface area (Å²) in [6.07, 6.45) is 0.0518. The van der Waals surface area contributed by atoms with Crippen molar-refractivity contribution in [3.05, 3.63) is 29.8 Å². The van der Waals surface area contributed by atoms with Crippen LogP contribution in [0.15, 0.2) is 29.2 Å². The number of aliphatic hydroxyl groups excluding tert-OH is 1. The Balaban J connectivity index is 3.01. The zero-order valence-electron chi connectivity index (χ0n) is 8.55. The maximum absolute atomic E-state index is 11.7. The minimum absolute atomic E-state index is 0.0518. The molecule has 3 N–H and O–H groups in total. The first-order valence-corrected chi connectivity index (χ1v) is 6.22. The molecule has 1 unspecified atom stereocenters. The second kappa shape index (κ2) is 4.74. The maximum Gasteiger partial charge on any atom is 0.204 e. The molecule has 0 saturated heterocycles. The van der Waals surface area contributed by atoms with E-state index in [0.717, 1.165) is 5.56 Å². The lowest BCUT2D eigenvalue weighted by Crippen LogP contribution is -2.24. The number of nitrogens with two attached hydrogens (primary N) is 1. The highest BCUT2D eigenvalue weighted by Crippen LogP contribution is 2.16. The fourth-order valence-corrected chi connectivity index (χ4v) is 2.46. The van der Waals surface area contributed by atoms with Crippen LogP contribution in [0.25, 0.3) is 0 Å². The van der Waals surface area contributed by atoms with Gasteiger partial charge >= 0.3 is 0 Å². The Labute approximate surface area is 89.7 Å². The highest BCUT2D eigenvalue weighted by Gasteiger charge is 2.23. The number of hydrogen-bond donors (Lipinski definition) is 2. The van der Waals surface area contributed by atoms with Crippen molar-refractivity contribution in [2.75, 3.05) is 6.54 Å². The third-order valence-electron chi connectivity index (χ3n) is 2.12. The summed E-state index contributed by atoms with van der Waals surface area (Å²) in [7, 11) is -3.64. The minimum Gasteiger partial charge on any atom is -0.377 e. The molecule has 0 fully saturated rings. The molecule has 0 saturated carbocycles. The molecule has 0 aliphatic carbocycles. The standard InChI is InChI=1S/C10H15NO3S/c1-8-2-4-9(5-3-8)15(13,14)10(12)6-7-11/h2-5,10,12H,6-7,11H2,1H3. The normalized spacial score (nSPS) is 13.8. The van der Waals surface area contributed by atoms with Crippen LogP contribution in [0.5, 0.6) is 0 Å². The monoisotopic (exact) mass is 229 g/mol. The van der Waals surface area contributed by atoms with E-state index in [0.29, 0.717) is 0 Å². The van der Waals surface area contributed by atoms with Crippen LogP contribution >= 0.6 is 0 Å². The van der Waals surface area contributed by atoms with Gasteiger partial charge in [0.15, 0.2) is 5.44 Å². The third-order valence-corrected chi connectivity index (χ3v) is 4.00. The van der Waals surface area contributed by atoms with Crippen LogP contribution in [0.2, 0.25) is 0 Å². The Morgan fingerprint density at radius 2 is 1.87 bits per heavy atom. The predicted octanol–water partition coefficient (Wildman–Crippen LogP) is 0.436. The lowest BCUT2D eigenvalue weighted by molar-refractivity contribution is 0.241. The van der Waals surface area contributed by atoms with Gasteiger partial charge in [-0.3, -0.25) is 0 Å². The molecule has 0 heterocycles. The van der Waals surface area contributed by atoms with Crippen LogP contribution in [-0.2, 0) is 9.84 Å². The average Bonchev–Trinajstić information content (AvgIpc) is 2.18. The Hall–Kier alpha value is -0.910. The summed E-state index contributed by atoms with van der Waals surface area (Å²) in [6, 6.07) is 6.37. The summed E-state index contributed by atoms with van der Waals surface area (Å²) >= 11 is 0. The lowest BCUT2D eigenvalue weighted by Gasteiger charge is -2.10. The minimum atomic E-state index is -3.64. The van der Waals surface area contributed by atoms with Crippen LogP contribution in [0.4, 0.5) is 0 Å². The molecule has 0 aliphatic rings. The van der Waals surface area contributed by atoms with Crippen molar-refractivity contribution in [2.45, 2.75) is 23.7 Å². The van der Waals surface area contributed by atoms with Gasteiger partial charge in [-0.25, -0.2) is 8.42 Å². The number of aliphatic hydroxyl groups is 1. The molecule has 5 heteroatoms. The largest absolute Gasteiger partial charge is 0.377 e. The van der Waals surface area contributed by atoms with Crippen molar-refractivity contribution < 1.29 is 13.5 Å². The molecule has 84 valence electrons. The van der Waals surface area contributed by atoms with E-state index in [2.05, 4.69) is 0 Å². The molecule has 1 aromatic carbocycles. The zero-order valence-corrected chi connectivity index (χ0v) is 9.37. The molecule has 1 rings (SSSR count). The molecule has 0 bridgehead atoms. The van der Waals surface area contributed by atoms with E-state index >= 15 is 0 Å². The fraction of sp³-hybridized carbons (Fsp3) is 0.400. The van der Waals surface area contributed by atoms with Gasteiger partial charge < -0.3 is 10.8 Å². The zero-order chi connectivity index (χ0) is 11.5. The van der Waals surface area contributed by atoms with E-state index in [1.54, 1.807) is 12.1 Å². The van der Waals surface area contributed by atoms with Gasteiger partial charge in [0, 0.05) is 6.42 Å². The summed E-state index contributed by atoms with van der Waals surface area (Å²) in [5.41, 5.74) is 4.77. The van der Waals surface area contributed by atoms with E-state index in [1.807, 2.05) is 6.92 Å². The predicted molar refractivity (Wildman–Crippen MR) is 58.0 cm³/mol. The first-order chi connectivity index (χ1) is 6.98. The van der Waals surface area contributed by atoms with Crippen LogP contribution in [0.1, 0.15) is 12.0 Å². The number of sulfone groups is 1. The second-order valence-corrected chi connectivity index (χ2v) is 5.50. The van der Waals surface area contributed by atoms with Gasteiger partial charge in [0.2, 0.25) is 9.84 Å². The van der Waals surface area contributed by atoms with E-state index in [9.17, 15) is 13.5 Å². The second-order valence-electron chi connectivity index (χ2n) is 3.39. The molecule has 15 heavy (non-hydrogen) atoms. The average molecular weight is 229 g/mol. The summed E-state index contributed by atoms with van der Waals surface area (Å²) in [5.74, 6) is 0. The topological polar surface area (TPSA) is 80.4 Å². The first-order valence-electron chi connectivity index (χ1n) is 4.67. The van der Waals surface area contributed by atoms with E-state index in [-0.39, 0.29) is 17.9 Å². The summed E-state index contributed by atoms with van der Waals surface area (Å²) in [5, 5.41) is 9.43.